The standard InChI is InChI=1S/C21H19N3O7S2/c1-14-5-7-17(12-18(14)24(26)27)33(28,29)31-19-8-6-15(10-20(19)30-2)13-22-23-21(25)11-16-4-3-9-32-16/h3-10,12-13H,11H2,1-2H3,(H,23,25)/b22-13+. The topological polar surface area (TPSA) is 137 Å². The lowest BCUT2D eigenvalue weighted by Crippen LogP contribution is -2.19. The second-order valence-electron chi connectivity index (χ2n) is 6.70. The van der Waals surface area contributed by atoms with Crippen molar-refractivity contribution < 1.29 is 27.1 Å². The van der Waals surface area contributed by atoms with Crippen LogP contribution in [0.3, 0.4) is 0 Å². The molecule has 1 N–H and O–H groups in total. The minimum absolute atomic E-state index is 0.0917. The van der Waals surface area contributed by atoms with Gasteiger partial charge in [-0.1, -0.05) is 12.1 Å². The molecule has 3 aromatic rings. The molecule has 10 nitrogen and oxygen atoms in total. The van der Waals surface area contributed by atoms with Crippen LogP contribution in [-0.4, -0.2) is 32.6 Å². The lowest BCUT2D eigenvalue weighted by molar-refractivity contribution is -0.385. The first-order valence-corrected chi connectivity index (χ1v) is 11.7. The summed E-state index contributed by atoms with van der Waals surface area (Å²) in [4.78, 5) is 22.9. The minimum Gasteiger partial charge on any atom is -0.493 e. The van der Waals surface area contributed by atoms with Gasteiger partial charge in [-0.3, -0.25) is 14.9 Å². The minimum atomic E-state index is -4.36. The van der Waals surface area contributed by atoms with E-state index in [0.29, 0.717) is 11.1 Å². The number of rotatable bonds is 9. The predicted octanol–water partition coefficient (Wildman–Crippen LogP) is 3.43. The van der Waals surface area contributed by atoms with Crippen LogP contribution in [-0.2, 0) is 21.3 Å². The third kappa shape index (κ3) is 6.14. The van der Waals surface area contributed by atoms with E-state index < -0.39 is 15.0 Å². The highest BCUT2D eigenvalue weighted by molar-refractivity contribution is 7.87. The van der Waals surface area contributed by atoms with E-state index in [9.17, 15) is 23.3 Å². The van der Waals surface area contributed by atoms with Crippen molar-refractivity contribution in [3.63, 3.8) is 0 Å². The number of carbonyl (C=O) groups excluding carboxylic acids is 1. The maximum atomic E-state index is 12.6. The Morgan fingerprint density at radius 2 is 2.00 bits per heavy atom. The molecule has 172 valence electrons. The van der Waals surface area contributed by atoms with Crippen LogP contribution in [0.15, 0.2) is 63.9 Å². The quantitative estimate of drug-likeness (QED) is 0.210. The molecule has 0 atom stereocenters. The number of hydrogen-bond acceptors (Lipinski definition) is 9. The number of nitro groups is 1. The van der Waals surface area contributed by atoms with Gasteiger partial charge in [-0.05, 0) is 48.2 Å². The molecule has 0 fully saturated rings. The lowest BCUT2D eigenvalue weighted by Gasteiger charge is -2.11. The number of ether oxygens (including phenoxy) is 1. The van der Waals surface area contributed by atoms with Gasteiger partial charge in [0.2, 0.25) is 5.91 Å². The number of aryl methyl sites for hydroxylation is 1. The number of methoxy groups -OCH3 is 1. The van der Waals surface area contributed by atoms with Crippen molar-refractivity contribution in [1.82, 2.24) is 5.43 Å². The normalized spacial score (nSPS) is 11.3. The summed E-state index contributed by atoms with van der Waals surface area (Å²) >= 11 is 1.47. The fraction of sp³-hybridized carbons (Fsp3) is 0.143. The number of nitro benzene ring substituents is 1. The van der Waals surface area contributed by atoms with E-state index in [1.165, 1.54) is 61.9 Å². The number of thiophene rings is 1. The van der Waals surface area contributed by atoms with Crippen molar-refractivity contribution >= 4 is 39.3 Å². The van der Waals surface area contributed by atoms with Gasteiger partial charge < -0.3 is 8.92 Å². The molecule has 3 rings (SSSR count). The maximum absolute atomic E-state index is 12.6. The predicted molar refractivity (Wildman–Crippen MR) is 122 cm³/mol. The van der Waals surface area contributed by atoms with Crippen LogP contribution in [0.5, 0.6) is 11.5 Å². The molecule has 0 aliphatic carbocycles. The van der Waals surface area contributed by atoms with Crippen molar-refractivity contribution in [3.05, 3.63) is 80.0 Å². The Morgan fingerprint density at radius 3 is 2.67 bits per heavy atom. The Morgan fingerprint density at radius 1 is 1.21 bits per heavy atom. The van der Waals surface area contributed by atoms with E-state index in [1.54, 1.807) is 0 Å². The summed E-state index contributed by atoms with van der Waals surface area (Å²) in [7, 11) is -3.03. The summed E-state index contributed by atoms with van der Waals surface area (Å²) in [5, 5.41) is 16.9. The zero-order valence-electron chi connectivity index (χ0n) is 17.5. The third-order valence-corrected chi connectivity index (χ3v) is 6.48. The Balaban J connectivity index is 1.73. The molecule has 1 amide bonds. The summed E-state index contributed by atoms with van der Waals surface area (Å²) in [6.07, 6.45) is 1.58. The van der Waals surface area contributed by atoms with Gasteiger partial charge in [0.05, 0.1) is 24.7 Å². The molecule has 1 heterocycles. The number of benzene rings is 2. The zero-order valence-corrected chi connectivity index (χ0v) is 19.2. The Labute approximate surface area is 193 Å². The second kappa shape index (κ2) is 10.2. The fourth-order valence-electron chi connectivity index (χ4n) is 2.73. The summed E-state index contributed by atoms with van der Waals surface area (Å²) in [6.45, 7) is 1.50. The molecule has 0 aliphatic rings. The van der Waals surface area contributed by atoms with Gasteiger partial charge in [-0.15, -0.1) is 11.3 Å². The summed E-state index contributed by atoms with van der Waals surface area (Å²) in [5.41, 5.74) is 2.92. The maximum Gasteiger partial charge on any atom is 0.339 e. The molecular weight excluding hydrogens is 470 g/mol. The Hall–Kier alpha value is -3.77. The smallest absolute Gasteiger partial charge is 0.339 e. The molecule has 2 aromatic carbocycles. The van der Waals surface area contributed by atoms with Gasteiger partial charge in [0.1, 0.15) is 4.90 Å². The van der Waals surface area contributed by atoms with E-state index in [1.807, 2.05) is 17.5 Å². The zero-order chi connectivity index (χ0) is 24.0. The highest BCUT2D eigenvalue weighted by atomic mass is 32.2. The van der Waals surface area contributed by atoms with E-state index in [0.717, 1.165) is 10.9 Å². The van der Waals surface area contributed by atoms with Crippen molar-refractivity contribution in [3.8, 4) is 11.5 Å². The van der Waals surface area contributed by atoms with Crippen molar-refractivity contribution in [1.29, 1.82) is 0 Å². The summed E-state index contributed by atoms with van der Waals surface area (Å²) in [6, 6.07) is 11.5. The van der Waals surface area contributed by atoms with Gasteiger partial charge in [0.25, 0.3) is 5.69 Å². The molecule has 0 saturated heterocycles. The molecule has 0 spiro atoms. The van der Waals surface area contributed by atoms with Crippen molar-refractivity contribution in [2.75, 3.05) is 7.11 Å². The lowest BCUT2D eigenvalue weighted by atomic mass is 10.2. The third-order valence-electron chi connectivity index (χ3n) is 4.37. The van der Waals surface area contributed by atoms with Gasteiger partial charge in [-0.25, -0.2) is 5.43 Å². The average Bonchev–Trinajstić information content (AvgIpc) is 3.27. The van der Waals surface area contributed by atoms with Crippen molar-refractivity contribution in [2.24, 2.45) is 5.10 Å². The molecule has 0 saturated carbocycles. The fourth-order valence-corrected chi connectivity index (χ4v) is 4.40. The summed E-state index contributed by atoms with van der Waals surface area (Å²) in [5.74, 6) is -0.299. The highest BCUT2D eigenvalue weighted by Gasteiger charge is 2.23. The number of amides is 1. The molecule has 12 heteroatoms. The van der Waals surface area contributed by atoms with Crippen LogP contribution in [0, 0.1) is 17.0 Å². The Kier molecular flexibility index (Phi) is 7.41. The first-order valence-electron chi connectivity index (χ1n) is 9.41. The van der Waals surface area contributed by atoms with Gasteiger partial charge >= 0.3 is 10.1 Å². The van der Waals surface area contributed by atoms with Crippen LogP contribution < -0.4 is 14.3 Å². The second-order valence-corrected chi connectivity index (χ2v) is 9.28. The van der Waals surface area contributed by atoms with Crippen LogP contribution in [0.25, 0.3) is 0 Å². The van der Waals surface area contributed by atoms with E-state index in [2.05, 4.69) is 10.5 Å². The molecule has 33 heavy (non-hydrogen) atoms. The van der Waals surface area contributed by atoms with E-state index >= 15 is 0 Å². The number of nitrogens with one attached hydrogen (secondary N) is 1. The van der Waals surface area contributed by atoms with E-state index in [4.69, 9.17) is 8.92 Å². The van der Waals surface area contributed by atoms with Gasteiger partial charge in [-0.2, -0.15) is 13.5 Å². The molecule has 0 radical (unpaired) electrons. The van der Waals surface area contributed by atoms with Gasteiger partial charge in [0.15, 0.2) is 11.5 Å². The Bertz CT molecular complexity index is 1300. The largest absolute Gasteiger partial charge is 0.493 e. The number of carbonyl (C=O) groups is 1. The SMILES string of the molecule is COc1cc(/C=N/NC(=O)Cc2cccs2)ccc1OS(=O)(=O)c1ccc(C)c([N+](=O)[O-])c1. The monoisotopic (exact) mass is 489 g/mol. The first-order chi connectivity index (χ1) is 15.7. The number of hydrogen-bond donors (Lipinski definition) is 1. The number of nitrogens with zero attached hydrogens (tertiary/aromatic N) is 2. The van der Waals surface area contributed by atoms with Crippen LogP contribution in [0.4, 0.5) is 5.69 Å². The number of hydrazone groups is 1. The molecule has 1 aromatic heterocycles. The molecular formula is C21H19N3O7S2. The van der Waals surface area contributed by atoms with E-state index in [-0.39, 0.29) is 34.4 Å². The van der Waals surface area contributed by atoms with Crippen LogP contribution in [0.1, 0.15) is 16.0 Å². The average molecular weight is 490 g/mol. The van der Waals surface area contributed by atoms with Crippen molar-refractivity contribution in [2.45, 2.75) is 18.2 Å². The molecule has 0 bridgehead atoms. The molecule has 0 unspecified atom stereocenters. The highest BCUT2D eigenvalue weighted by Crippen LogP contribution is 2.31. The molecule has 0 aliphatic heterocycles. The van der Waals surface area contributed by atoms with Crippen LogP contribution >= 0.6 is 11.3 Å². The summed E-state index contributed by atoms with van der Waals surface area (Å²) < 4.78 is 35.6. The van der Waals surface area contributed by atoms with Crippen LogP contribution in [0.2, 0.25) is 0 Å². The first kappa shape index (κ1) is 23.9. The van der Waals surface area contributed by atoms with Gasteiger partial charge in [0, 0.05) is 16.5 Å².